The van der Waals surface area contributed by atoms with Gasteiger partial charge in [0.25, 0.3) is 5.91 Å². The summed E-state index contributed by atoms with van der Waals surface area (Å²) in [4.78, 5) is 12.8. The maximum absolute atomic E-state index is 14.1. The lowest BCUT2D eigenvalue weighted by molar-refractivity contribution is 0.0288. The third-order valence-electron chi connectivity index (χ3n) is 4.68. The standard InChI is InChI=1S/C19H21FN2O2.ClH/c1-13-6-5-9-15(20)17(13)18(24)22-19(10-11-21-12-16(19)23)14-7-3-2-4-8-14;/h2-9,16,21,23H,10-12H2,1H3,(H,22,24);1H/t16-,19+;/m1./s1. The predicted octanol–water partition coefficient (Wildman–Crippen LogP) is 2.54. The second-order valence-corrected chi connectivity index (χ2v) is 6.19. The van der Waals surface area contributed by atoms with Crippen molar-refractivity contribution in [2.45, 2.75) is 25.0 Å². The molecule has 1 saturated heterocycles. The van der Waals surface area contributed by atoms with Crippen molar-refractivity contribution >= 4 is 18.3 Å². The number of benzene rings is 2. The third kappa shape index (κ3) is 3.68. The quantitative estimate of drug-likeness (QED) is 0.784. The Labute approximate surface area is 152 Å². The van der Waals surface area contributed by atoms with Gasteiger partial charge in [-0.1, -0.05) is 42.5 Å². The van der Waals surface area contributed by atoms with Crippen LogP contribution < -0.4 is 10.6 Å². The van der Waals surface area contributed by atoms with Crippen LogP contribution in [0.1, 0.15) is 27.9 Å². The number of hydrogen-bond acceptors (Lipinski definition) is 3. The average Bonchev–Trinajstić information content (AvgIpc) is 2.58. The SMILES string of the molecule is Cc1cccc(F)c1C(=O)N[C@]1(c2ccccc2)CCNC[C@H]1O.Cl. The van der Waals surface area contributed by atoms with Gasteiger partial charge in [-0.3, -0.25) is 4.79 Å². The number of nitrogens with one attached hydrogen (secondary N) is 2. The molecular weight excluding hydrogens is 343 g/mol. The van der Waals surface area contributed by atoms with Crippen LogP contribution in [0.15, 0.2) is 48.5 Å². The van der Waals surface area contributed by atoms with Crippen LogP contribution in [0.4, 0.5) is 4.39 Å². The number of β-amino-alcohol motifs (C(OH)–C–C–N with tert-alkyl or cyclic N) is 1. The van der Waals surface area contributed by atoms with E-state index in [2.05, 4.69) is 10.6 Å². The van der Waals surface area contributed by atoms with Crippen LogP contribution in [0.5, 0.6) is 0 Å². The Morgan fingerprint density at radius 2 is 1.96 bits per heavy atom. The van der Waals surface area contributed by atoms with Crippen molar-refractivity contribution in [3.05, 3.63) is 71.0 Å². The van der Waals surface area contributed by atoms with Crippen LogP contribution in [0.3, 0.4) is 0 Å². The van der Waals surface area contributed by atoms with Crippen LogP contribution in [0, 0.1) is 12.7 Å². The summed E-state index contributed by atoms with van der Waals surface area (Å²) < 4.78 is 14.1. The second-order valence-electron chi connectivity index (χ2n) is 6.19. The molecule has 0 aromatic heterocycles. The fourth-order valence-corrected chi connectivity index (χ4v) is 3.34. The van der Waals surface area contributed by atoms with E-state index in [1.165, 1.54) is 6.07 Å². The highest BCUT2D eigenvalue weighted by molar-refractivity contribution is 5.96. The van der Waals surface area contributed by atoms with Gasteiger partial charge in [0.15, 0.2) is 0 Å². The summed E-state index contributed by atoms with van der Waals surface area (Å²) in [6, 6.07) is 13.9. The second kappa shape index (κ2) is 7.95. The minimum Gasteiger partial charge on any atom is -0.389 e. The van der Waals surface area contributed by atoms with Crippen molar-refractivity contribution in [1.82, 2.24) is 10.6 Å². The molecule has 0 unspecified atom stereocenters. The van der Waals surface area contributed by atoms with Crippen molar-refractivity contribution in [3.63, 3.8) is 0 Å². The first kappa shape index (κ1) is 19.4. The molecule has 4 nitrogen and oxygen atoms in total. The lowest BCUT2D eigenvalue weighted by Crippen LogP contribution is -2.61. The van der Waals surface area contributed by atoms with Gasteiger partial charge in [0.05, 0.1) is 17.2 Å². The van der Waals surface area contributed by atoms with Crippen molar-refractivity contribution < 1.29 is 14.3 Å². The van der Waals surface area contributed by atoms with E-state index in [0.29, 0.717) is 25.1 Å². The van der Waals surface area contributed by atoms with E-state index < -0.39 is 23.4 Å². The molecule has 0 spiro atoms. The van der Waals surface area contributed by atoms with Gasteiger partial charge in [-0.15, -0.1) is 12.4 Å². The van der Waals surface area contributed by atoms with Crippen LogP contribution in [0.2, 0.25) is 0 Å². The number of carbonyl (C=O) groups excluding carboxylic acids is 1. The van der Waals surface area contributed by atoms with E-state index >= 15 is 0 Å². The molecule has 134 valence electrons. The number of aryl methyl sites for hydroxylation is 1. The molecule has 0 bridgehead atoms. The monoisotopic (exact) mass is 364 g/mol. The first-order chi connectivity index (χ1) is 11.5. The molecule has 2 aromatic carbocycles. The van der Waals surface area contributed by atoms with E-state index in [9.17, 15) is 14.3 Å². The molecule has 25 heavy (non-hydrogen) atoms. The molecule has 3 rings (SSSR count). The fraction of sp³-hybridized carbons (Fsp3) is 0.316. The molecule has 1 heterocycles. The molecular formula is C19H22ClFN2O2. The Balaban J connectivity index is 0.00000225. The molecule has 2 atom stereocenters. The normalized spacial score (nSPS) is 22.8. The Morgan fingerprint density at radius 3 is 2.60 bits per heavy atom. The van der Waals surface area contributed by atoms with Crippen LogP contribution in [0.25, 0.3) is 0 Å². The highest BCUT2D eigenvalue weighted by Gasteiger charge is 2.43. The van der Waals surface area contributed by atoms with Gasteiger partial charge >= 0.3 is 0 Å². The van der Waals surface area contributed by atoms with E-state index in [1.807, 2.05) is 30.3 Å². The van der Waals surface area contributed by atoms with Gasteiger partial charge in [0.2, 0.25) is 0 Å². The van der Waals surface area contributed by atoms with Gasteiger partial charge in [0, 0.05) is 6.54 Å². The molecule has 1 amide bonds. The summed E-state index contributed by atoms with van der Waals surface area (Å²) in [5.41, 5.74) is 0.484. The number of hydrogen-bond donors (Lipinski definition) is 3. The van der Waals surface area contributed by atoms with Gasteiger partial charge in [-0.25, -0.2) is 4.39 Å². The van der Waals surface area contributed by atoms with Crippen LogP contribution >= 0.6 is 12.4 Å². The highest BCUT2D eigenvalue weighted by atomic mass is 35.5. The summed E-state index contributed by atoms with van der Waals surface area (Å²) in [6.07, 6.45) is -0.276. The topological polar surface area (TPSA) is 61.4 Å². The number of carbonyl (C=O) groups is 1. The maximum Gasteiger partial charge on any atom is 0.255 e. The summed E-state index contributed by atoms with van der Waals surface area (Å²) >= 11 is 0. The smallest absolute Gasteiger partial charge is 0.255 e. The Morgan fingerprint density at radius 1 is 1.24 bits per heavy atom. The van der Waals surface area contributed by atoms with Crippen LogP contribution in [-0.4, -0.2) is 30.2 Å². The Bertz CT molecular complexity index is 721. The van der Waals surface area contributed by atoms with Crippen molar-refractivity contribution in [2.24, 2.45) is 0 Å². The number of amides is 1. The van der Waals surface area contributed by atoms with Crippen molar-refractivity contribution in [3.8, 4) is 0 Å². The minimum atomic E-state index is -0.932. The van der Waals surface area contributed by atoms with Gasteiger partial charge in [0.1, 0.15) is 5.82 Å². The maximum atomic E-state index is 14.1. The number of aliphatic hydroxyl groups excluding tert-OH is 1. The zero-order valence-corrected chi connectivity index (χ0v) is 14.8. The van der Waals surface area contributed by atoms with E-state index in [4.69, 9.17) is 0 Å². The molecule has 1 fully saturated rings. The Kier molecular flexibility index (Phi) is 6.16. The molecule has 0 radical (unpaired) electrons. The molecule has 6 heteroatoms. The first-order valence-corrected chi connectivity index (χ1v) is 8.06. The number of halogens is 2. The lowest BCUT2D eigenvalue weighted by Gasteiger charge is -2.43. The first-order valence-electron chi connectivity index (χ1n) is 8.06. The van der Waals surface area contributed by atoms with E-state index in [0.717, 1.165) is 5.56 Å². The van der Waals surface area contributed by atoms with Crippen molar-refractivity contribution in [2.75, 3.05) is 13.1 Å². The Hall–Kier alpha value is -1.95. The average molecular weight is 365 g/mol. The fourth-order valence-electron chi connectivity index (χ4n) is 3.34. The minimum absolute atomic E-state index is 0. The molecule has 3 N–H and O–H groups in total. The van der Waals surface area contributed by atoms with Crippen molar-refractivity contribution in [1.29, 1.82) is 0 Å². The van der Waals surface area contributed by atoms with E-state index in [-0.39, 0.29) is 18.0 Å². The molecule has 2 aromatic rings. The number of piperidine rings is 1. The molecule has 0 aliphatic carbocycles. The molecule has 1 aliphatic rings. The number of rotatable bonds is 3. The predicted molar refractivity (Wildman–Crippen MR) is 97.5 cm³/mol. The summed E-state index contributed by atoms with van der Waals surface area (Å²) in [6.45, 7) is 2.72. The van der Waals surface area contributed by atoms with Gasteiger partial charge in [-0.05, 0) is 37.1 Å². The van der Waals surface area contributed by atoms with E-state index in [1.54, 1.807) is 19.1 Å². The van der Waals surface area contributed by atoms with Gasteiger partial charge < -0.3 is 15.7 Å². The molecule has 1 aliphatic heterocycles. The third-order valence-corrected chi connectivity index (χ3v) is 4.68. The zero-order chi connectivity index (χ0) is 17.2. The summed E-state index contributed by atoms with van der Waals surface area (Å²) in [5.74, 6) is -1.06. The summed E-state index contributed by atoms with van der Waals surface area (Å²) in [5, 5.41) is 16.7. The van der Waals surface area contributed by atoms with Gasteiger partial charge in [-0.2, -0.15) is 0 Å². The van der Waals surface area contributed by atoms with Crippen LogP contribution in [-0.2, 0) is 5.54 Å². The highest BCUT2D eigenvalue weighted by Crippen LogP contribution is 2.32. The largest absolute Gasteiger partial charge is 0.389 e. The zero-order valence-electron chi connectivity index (χ0n) is 14.0. The summed E-state index contributed by atoms with van der Waals surface area (Å²) in [7, 11) is 0. The lowest BCUT2D eigenvalue weighted by atomic mass is 9.79. The number of aliphatic hydroxyl groups is 1. The molecule has 0 saturated carbocycles.